The van der Waals surface area contributed by atoms with Crippen molar-refractivity contribution >= 4 is 47.7 Å². The van der Waals surface area contributed by atoms with Gasteiger partial charge in [0.2, 0.25) is 29.5 Å². The average molecular weight is 952 g/mol. The molecule has 1 aliphatic rings. The number of carbonyl (C=O) groups excluding carboxylic acids is 7. The zero-order valence-corrected chi connectivity index (χ0v) is 41.1. The third kappa shape index (κ3) is 19.4. The van der Waals surface area contributed by atoms with Crippen molar-refractivity contribution in [1.82, 2.24) is 36.8 Å². The predicted molar refractivity (Wildman–Crippen MR) is 253 cm³/mol. The molecule has 376 valence electrons. The van der Waals surface area contributed by atoms with E-state index in [0.29, 0.717) is 12.0 Å². The van der Waals surface area contributed by atoms with Crippen molar-refractivity contribution in [2.45, 2.75) is 162 Å². The average Bonchev–Trinajstić information content (AvgIpc) is 3.72. The van der Waals surface area contributed by atoms with Crippen molar-refractivity contribution in [3.05, 3.63) is 65.7 Å². The van der Waals surface area contributed by atoms with E-state index in [1.807, 2.05) is 18.2 Å². The SMILES string of the molecule is CC(C)C[C@H](NC(=O)[C@H](CCCNC(=O)OC(C)(C)C)NC(=O)[C@@H](NC(=O)[C@@H](Cc1ccc(O)cc1)NC(=O)[C@@H]1CCCN1C(=O)[C@H](Cc1ccccc1)NC(=O)OC(C)(C)C)C(C)C)C(=O)O. The van der Waals surface area contributed by atoms with Gasteiger partial charge in [-0.05, 0) is 109 Å². The van der Waals surface area contributed by atoms with Gasteiger partial charge >= 0.3 is 18.2 Å². The molecule has 6 atom stereocenters. The lowest BCUT2D eigenvalue weighted by atomic mass is 9.99. The standard InChI is InChI=1S/C49H73N7O12/c1-29(2)26-37(45(63)64)53-40(58)34(18-14-24-50-46(65)67-48(5,6)7)51-43(61)39(30(3)4)55-41(59)35(27-32-20-22-33(57)23-21-32)52-42(60)38-19-15-25-56(38)44(62)36(28-31-16-12-11-13-17-31)54-47(66)68-49(8,9)10/h11-13,16-17,20-23,29-30,34-39,57H,14-15,18-19,24-28H2,1-10H3,(H,50,65)(H,51,61)(H,52,60)(H,53,58)(H,54,66)(H,55,59)(H,63,64)/t34-,35+,36-,37-,38-,39-/m0/s1. The molecule has 0 aliphatic carbocycles. The Kier molecular flexibility index (Phi) is 21.1. The molecular weight excluding hydrogens is 879 g/mol. The normalized spacial score (nSPS) is 16.1. The first-order valence-corrected chi connectivity index (χ1v) is 23.3. The summed E-state index contributed by atoms with van der Waals surface area (Å²) < 4.78 is 10.7. The fourth-order valence-corrected chi connectivity index (χ4v) is 7.44. The number of rotatable bonds is 22. The first-order valence-electron chi connectivity index (χ1n) is 23.3. The van der Waals surface area contributed by atoms with Crippen LogP contribution in [0, 0.1) is 11.8 Å². The van der Waals surface area contributed by atoms with E-state index in [4.69, 9.17) is 9.47 Å². The molecule has 2 aromatic rings. The Hall–Kier alpha value is -6.40. The lowest BCUT2D eigenvalue weighted by Gasteiger charge is -2.31. The highest BCUT2D eigenvalue weighted by atomic mass is 16.6. The Morgan fingerprint density at radius 2 is 1.24 bits per heavy atom. The summed E-state index contributed by atoms with van der Waals surface area (Å²) >= 11 is 0. The summed E-state index contributed by atoms with van der Waals surface area (Å²) in [7, 11) is 0. The Bertz CT molecular complexity index is 2030. The summed E-state index contributed by atoms with van der Waals surface area (Å²) in [5, 5.41) is 35.8. The molecule has 19 heteroatoms. The van der Waals surface area contributed by atoms with Gasteiger partial charge in [0.25, 0.3) is 0 Å². The van der Waals surface area contributed by atoms with Gasteiger partial charge in [-0.1, -0.05) is 70.2 Å². The number of nitrogens with zero attached hydrogens (tertiary/aromatic N) is 1. The van der Waals surface area contributed by atoms with Crippen LogP contribution >= 0.6 is 0 Å². The van der Waals surface area contributed by atoms with Crippen molar-refractivity contribution in [3.8, 4) is 5.75 Å². The number of carbonyl (C=O) groups is 8. The summed E-state index contributed by atoms with van der Waals surface area (Å²) in [6.45, 7) is 17.4. The highest BCUT2D eigenvalue weighted by Crippen LogP contribution is 2.22. The van der Waals surface area contributed by atoms with Gasteiger partial charge in [-0.2, -0.15) is 0 Å². The molecule has 2 aromatic carbocycles. The molecule has 8 N–H and O–H groups in total. The van der Waals surface area contributed by atoms with Crippen molar-refractivity contribution < 1.29 is 58.0 Å². The van der Waals surface area contributed by atoms with E-state index < -0.39 is 101 Å². The van der Waals surface area contributed by atoms with Crippen LogP contribution in [0.25, 0.3) is 0 Å². The molecule has 3 rings (SSSR count). The molecule has 68 heavy (non-hydrogen) atoms. The Balaban J connectivity index is 1.88. The number of hydrogen-bond donors (Lipinski definition) is 8. The third-order valence-electron chi connectivity index (χ3n) is 10.7. The van der Waals surface area contributed by atoms with Gasteiger partial charge in [-0.15, -0.1) is 0 Å². The van der Waals surface area contributed by atoms with Crippen LogP contribution < -0.4 is 31.9 Å². The second kappa shape index (κ2) is 25.7. The predicted octanol–water partition coefficient (Wildman–Crippen LogP) is 4.09. The number of carboxylic acids is 1. The van der Waals surface area contributed by atoms with E-state index in [9.17, 15) is 48.6 Å². The maximum absolute atomic E-state index is 14.4. The van der Waals surface area contributed by atoms with Crippen LogP contribution in [0.15, 0.2) is 54.6 Å². The fraction of sp³-hybridized carbons (Fsp3) is 0.592. The summed E-state index contributed by atoms with van der Waals surface area (Å²) in [4.78, 5) is 109. The van der Waals surface area contributed by atoms with Gasteiger partial charge in [0, 0.05) is 25.9 Å². The monoisotopic (exact) mass is 952 g/mol. The second-order valence-corrected chi connectivity index (χ2v) is 19.9. The Morgan fingerprint density at radius 1 is 0.676 bits per heavy atom. The van der Waals surface area contributed by atoms with E-state index in [1.54, 1.807) is 93.5 Å². The molecule has 0 radical (unpaired) electrons. The smallest absolute Gasteiger partial charge is 0.408 e. The van der Waals surface area contributed by atoms with Crippen molar-refractivity contribution in [1.29, 1.82) is 0 Å². The summed E-state index contributed by atoms with van der Waals surface area (Å²) in [6.07, 6.45) is -0.513. The minimum atomic E-state index is -1.32. The minimum absolute atomic E-state index is 0.0291. The van der Waals surface area contributed by atoms with Gasteiger partial charge in [0.1, 0.15) is 53.2 Å². The summed E-state index contributed by atoms with van der Waals surface area (Å²) in [5.41, 5.74) is -0.298. The Morgan fingerprint density at radius 3 is 1.81 bits per heavy atom. The van der Waals surface area contributed by atoms with Crippen molar-refractivity contribution in [3.63, 3.8) is 0 Å². The highest BCUT2D eigenvalue weighted by Gasteiger charge is 2.40. The number of nitrogens with one attached hydrogen (secondary N) is 6. The highest BCUT2D eigenvalue weighted by molar-refractivity contribution is 5.97. The van der Waals surface area contributed by atoms with Crippen molar-refractivity contribution in [2.75, 3.05) is 13.1 Å². The molecule has 1 heterocycles. The molecule has 1 fully saturated rings. The van der Waals surface area contributed by atoms with Gasteiger partial charge in [-0.25, -0.2) is 14.4 Å². The number of aromatic hydroxyl groups is 1. The fourth-order valence-electron chi connectivity index (χ4n) is 7.44. The molecule has 19 nitrogen and oxygen atoms in total. The van der Waals surface area contributed by atoms with E-state index in [2.05, 4.69) is 31.9 Å². The number of carboxylic acid groups (broad SMARTS) is 1. The molecule has 0 unspecified atom stereocenters. The molecule has 0 saturated carbocycles. The molecule has 1 aliphatic heterocycles. The number of benzene rings is 2. The largest absolute Gasteiger partial charge is 0.508 e. The first kappa shape index (κ1) is 55.9. The molecule has 0 bridgehead atoms. The molecule has 0 aromatic heterocycles. The number of phenolic OH excluding ortho intramolecular Hbond substituents is 1. The topological polar surface area (TPSA) is 271 Å². The number of phenols is 1. The quantitative estimate of drug-likeness (QED) is 0.0776. The van der Waals surface area contributed by atoms with Crippen LogP contribution in [0.2, 0.25) is 0 Å². The number of hydrogen-bond acceptors (Lipinski definition) is 11. The number of ether oxygens (including phenoxy) is 2. The van der Waals surface area contributed by atoms with E-state index >= 15 is 0 Å². The minimum Gasteiger partial charge on any atom is -0.508 e. The van der Waals surface area contributed by atoms with Crippen molar-refractivity contribution in [2.24, 2.45) is 11.8 Å². The zero-order valence-electron chi connectivity index (χ0n) is 41.1. The van der Waals surface area contributed by atoms with Crippen LogP contribution in [0.1, 0.15) is 112 Å². The van der Waals surface area contributed by atoms with Crippen LogP contribution in [-0.2, 0) is 51.1 Å². The maximum Gasteiger partial charge on any atom is 0.408 e. The summed E-state index contributed by atoms with van der Waals surface area (Å²) in [5.74, 6) is -5.44. The van der Waals surface area contributed by atoms with Gasteiger partial charge in [-0.3, -0.25) is 24.0 Å². The summed E-state index contributed by atoms with van der Waals surface area (Å²) in [6, 6.07) is 7.77. The molecule has 7 amide bonds. The van der Waals surface area contributed by atoms with Crippen LogP contribution in [0.5, 0.6) is 5.75 Å². The third-order valence-corrected chi connectivity index (χ3v) is 10.7. The van der Waals surface area contributed by atoms with Gasteiger partial charge in [0.15, 0.2) is 0 Å². The number of aliphatic carboxylic acids is 1. The Labute approximate surface area is 399 Å². The molecular formula is C49H73N7O12. The van der Waals surface area contributed by atoms with Gasteiger partial charge in [0.05, 0.1) is 0 Å². The molecule has 1 saturated heterocycles. The van der Waals surface area contributed by atoms with Crippen LogP contribution in [0.3, 0.4) is 0 Å². The first-order chi connectivity index (χ1) is 31.7. The van der Waals surface area contributed by atoms with Crippen LogP contribution in [0.4, 0.5) is 9.59 Å². The molecule has 0 spiro atoms. The lowest BCUT2D eigenvalue weighted by Crippen LogP contribution is -2.60. The lowest BCUT2D eigenvalue weighted by molar-refractivity contribution is -0.143. The maximum atomic E-state index is 14.4. The zero-order chi connectivity index (χ0) is 50.9. The number of alkyl carbamates (subject to hydrolysis) is 2. The van der Waals surface area contributed by atoms with Gasteiger partial charge < -0.3 is 56.5 Å². The van der Waals surface area contributed by atoms with E-state index in [1.165, 1.54) is 17.0 Å². The van der Waals surface area contributed by atoms with E-state index in [0.717, 1.165) is 5.56 Å². The van der Waals surface area contributed by atoms with E-state index in [-0.39, 0.29) is 63.3 Å². The number of amides is 7. The second-order valence-electron chi connectivity index (χ2n) is 19.9. The number of likely N-dealkylation sites (tertiary alicyclic amines) is 1. The van der Waals surface area contributed by atoms with Crippen LogP contribution in [-0.4, -0.2) is 123 Å².